The van der Waals surface area contributed by atoms with Gasteiger partial charge in [-0.1, -0.05) is 13.8 Å². The molecule has 10 atom stereocenters. The van der Waals surface area contributed by atoms with Crippen molar-refractivity contribution in [3.8, 4) is 0 Å². The Kier molecular flexibility index (Phi) is 5.95. The summed E-state index contributed by atoms with van der Waals surface area (Å²) < 4.78 is 35.9. The zero-order valence-corrected chi connectivity index (χ0v) is 21.1. The smallest absolute Gasteiger partial charge is 0.303 e. The van der Waals surface area contributed by atoms with E-state index in [0.29, 0.717) is 25.9 Å². The molecule has 9 nitrogen and oxygen atoms in total. The second-order valence-electron chi connectivity index (χ2n) is 11.2. The first-order chi connectivity index (χ1) is 16.5. The van der Waals surface area contributed by atoms with Crippen LogP contribution in [0.1, 0.15) is 60.3 Å². The van der Waals surface area contributed by atoms with Gasteiger partial charge in [0.25, 0.3) is 0 Å². The molecule has 1 unspecified atom stereocenters. The maximum absolute atomic E-state index is 12.3. The molecule has 0 N–H and O–H groups in total. The Balaban J connectivity index is 1.62. The van der Waals surface area contributed by atoms with E-state index in [0.717, 1.165) is 6.42 Å². The normalized spacial score (nSPS) is 47.4. The van der Waals surface area contributed by atoms with Gasteiger partial charge in [0.15, 0.2) is 0 Å². The van der Waals surface area contributed by atoms with Crippen LogP contribution in [0.4, 0.5) is 0 Å². The Hall–Kier alpha value is -2.13. The van der Waals surface area contributed by atoms with Gasteiger partial charge >= 0.3 is 17.9 Å². The van der Waals surface area contributed by atoms with Crippen molar-refractivity contribution in [3.05, 3.63) is 12.3 Å². The van der Waals surface area contributed by atoms with Crippen LogP contribution in [0.2, 0.25) is 0 Å². The van der Waals surface area contributed by atoms with Crippen LogP contribution in [0.5, 0.6) is 0 Å². The van der Waals surface area contributed by atoms with Crippen molar-refractivity contribution in [1.29, 1.82) is 0 Å². The standard InChI is InChI=1S/C26H36O9/c1-14-10-22(34-17(4)29)25(12-31-15(2)27)19(6-7-20(33-16(3)28)26(25)13-32-26)24(14,5)21-11-18-8-9-30-23(18)35-21/h8-9,14,18-23H,6-7,10-13H2,1-5H3/t14-,18-,19-,20+,21?,22+,23+,24+,25+,26-/m1/s1. The van der Waals surface area contributed by atoms with Crippen LogP contribution in [-0.2, 0) is 42.8 Å². The molecular weight excluding hydrogens is 456 g/mol. The van der Waals surface area contributed by atoms with Gasteiger partial charge in [-0.05, 0) is 43.6 Å². The molecule has 0 bridgehead atoms. The van der Waals surface area contributed by atoms with Crippen molar-refractivity contribution in [1.82, 2.24) is 0 Å². The fourth-order valence-corrected chi connectivity index (χ4v) is 7.82. The molecule has 0 aromatic heterocycles. The molecule has 2 saturated carbocycles. The molecule has 9 heteroatoms. The molecule has 5 aliphatic rings. The molecule has 5 rings (SSSR count). The summed E-state index contributed by atoms with van der Waals surface area (Å²) >= 11 is 0. The van der Waals surface area contributed by atoms with E-state index in [1.54, 1.807) is 6.26 Å². The van der Waals surface area contributed by atoms with Gasteiger partial charge in [0, 0.05) is 32.1 Å². The molecule has 3 aliphatic heterocycles. The van der Waals surface area contributed by atoms with Crippen molar-refractivity contribution >= 4 is 17.9 Å². The summed E-state index contributed by atoms with van der Waals surface area (Å²) in [5, 5.41) is 0. The minimum absolute atomic E-state index is 0.0149. The molecule has 3 heterocycles. The van der Waals surface area contributed by atoms with Crippen LogP contribution >= 0.6 is 0 Å². The number of esters is 3. The van der Waals surface area contributed by atoms with Gasteiger partial charge in [0.2, 0.25) is 6.29 Å². The van der Waals surface area contributed by atoms with Crippen LogP contribution in [0.15, 0.2) is 12.3 Å². The first kappa shape index (κ1) is 24.6. The van der Waals surface area contributed by atoms with Gasteiger partial charge in [0.05, 0.1) is 24.4 Å². The molecule has 35 heavy (non-hydrogen) atoms. The summed E-state index contributed by atoms with van der Waals surface area (Å²) in [6.07, 6.45) is 4.96. The molecule has 0 amide bonds. The SMILES string of the molecule is CC(=O)OC[C@@]12[C@@H](OC(C)=O)C[C@@H](C)[C@](C)(C3C[C@H]4C=CO[C@H]4O3)[C@H]1CC[C@H](OC(C)=O)[C@]21CO1. The lowest BCUT2D eigenvalue weighted by Gasteiger charge is -2.64. The number of rotatable bonds is 5. The first-order valence-corrected chi connectivity index (χ1v) is 12.6. The monoisotopic (exact) mass is 492 g/mol. The fourth-order valence-electron chi connectivity index (χ4n) is 7.82. The quantitative estimate of drug-likeness (QED) is 0.325. The predicted molar refractivity (Wildman–Crippen MR) is 120 cm³/mol. The Morgan fingerprint density at radius 1 is 1.00 bits per heavy atom. The number of fused-ring (bicyclic) bond motifs is 3. The largest absolute Gasteiger partial charge is 0.472 e. The highest BCUT2D eigenvalue weighted by Crippen LogP contribution is 2.70. The Bertz CT molecular complexity index is 926. The Morgan fingerprint density at radius 2 is 1.69 bits per heavy atom. The fraction of sp³-hybridized carbons (Fsp3) is 0.808. The molecule has 0 aromatic rings. The summed E-state index contributed by atoms with van der Waals surface area (Å²) in [5.74, 6) is -0.960. The molecule has 0 radical (unpaired) electrons. The molecule has 194 valence electrons. The first-order valence-electron chi connectivity index (χ1n) is 12.6. The Morgan fingerprint density at radius 3 is 2.29 bits per heavy atom. The number of epoxide rings is 1. The summed E-state index contributed by atoms with van der Waals surface area (Å²) in [7, 11) is 0. The van der Waals surface area contributed by atoms with Crippen molar-refractivity contribution < 1.29 is 42.8 Å². The van der Waals surface area contributed by atoms with Crippen LogP contribution in [-0.4, -0.2) is 61.3 Å². The lowest BCUT2D eigenvalue weighted by molar-refractivity contribution is -0.269. The summed E-state index contributed by atoms with van der Waals surface area (Å²) in [5.41, 5.74) is -2.14. The predicted octanol–water partition coefficient (Wildman–Crippen LogP) is 2.90. The minimum atomic E-state index is -0.899. The molecular formula is C26H36O9. The molecule has 1 spiro atoms. The van der Waals surface area contributed by atoms with E-state index in [2.05, 4.69) is 19.9 Å². The lowest BCUT2D eigenvalue weighted by atomic mass is 9.42. The van der Waals surface area contributed by atoms with E-state index < -0.39 is 41.1 Å². The topological polar surface area (TPSA) is 110 Å². The molecule has 2 aliphatic carbocycles. The number of carbonyl (C=O) groups is 3. The maximum Gasteiger partial charge on any atom is 0.303 e. The number of carbonyl (C=O) groups excluding carboxylic acids is 3. The highest BCUT2D eigenvalue weighted by molar-refractivity contribution is 5.67. The highest BCUT2D eigenvalue weighted by Gasteiger charge is 2.80. The van der Waals surface area contributed by atoms with E-state index in [1.807, 2.05) is 0 Å². The third kappa shape index (κ3) is 3.60. The average molecular weight is 493 g/mol. The summed E-state index contributed by atoms with van der Waals surface area (Å²) in [6, 6.07) is 0. The van der Waals surface area contributed by atoms with Gasteiger partial charge in [0.1, 0.15) is 24.4 Å². The van der Waals surface area contributed by atoms with Gasteiger partial charge in [-0.3, -0.25) is 14.4 Å². The number of hydrogen-bond donors (Lipinski definition) is 0. The van der Waals surface area contributed by atoms with Crippen molar-refractivity contribution in [2.45, 2.75) is 90.5 Å². The van der Waals surface area contributed by atoms with E-state index in [9.17, 15) is 14.4 Å². The van der Waals surface area contributed by atoms with Gasteiger partial charge in [-0.15, -0.1) is 0 Å². The van der Waals surface area contributed by atoms with Gasteiger partial charge in [-0.25, -0.2) is 0 Å². The Labute approximate surface area is 205 Å². The lowest BCUT2D eigenvalue weighted by Crippen LogP contribution is -2.72. The van der Waals surface area contributed by atoms with Crippen LogP contribution in [0, 0.1) is 28.6 Å². The van der Waals surface area contributed by atoms with E-state index >= 15 is 0 Å². The van der Waals surface area contributed by atoms with Gasteiger partial charge < -0.3 is 28.4 Å². The third-order valence-corrected chi connectivity index (χ3v) is 9.55. The zero-order chi connectivity index (χ0) is 25.2. The average Bonchev–Trinajstić information content (AvgIpc) is 3.26. The minimum Gasteiger partial charge on any atom is -0.472 e. The maximum atomic E-state index is 12.3. The number of ether oxygens (including phenoxy) is 6. The second-order valence-corrected chi connectivity index (χ2v) is 11.2. The van der Waals surface area contributed by atoms with Crippen molar-refractivity contribution in [2.24, 2.45) is 28.6 Å². The van der Waals surface area contributed by atoms with Crippen molar-refractivity contribution in [2.75, 3.05) is 13.2 Å². The van der Waals surface area contributed by atoms with Crippen LogP contribution in [0.3, 0.4) is 0 Å². The summed E-state index contributed by atoms with van der Waals surface area (Å²) in [4.78, 5) is 36.4. The van der Waals surface area contributed by atoms with Crippen LogP contribution < -0.4 is 0 Å². The second kappa shape index (κ2) is 8.47. The zero-order valence-electron chi connectivity index (χ0n) is 21.1. The highest BCUT2D eigenvalue weighted by atomic mass is 16.7. The van der Waals surface area contributed by atoms with Crippen LogP contribution in [0.25, 0.3) is 0 Å². The van der Waals surface area contributed by atoms with Gasteiger partial charge in [-0.2, -0.15) is 0 Å². The van der Waals surface area contributed by atoms with E-state index in [1.165, 1.54) is 20.8 Å². The molecule has 0 aromatic carbocycles. The summed E-state index contributed by atoms with van der Waals surface area (Å²) in [6.45, 7) is 8.93. The molecule has 2 saturated heterocycles. The van der Waals surface area contributed by atoms with Crippen molar-refractivity contribution in [3.63, 3.8) is 0 Å². The van der Waals surface area contributed by atoms with E-state index in [4.69, 9.17) is 28.4 Å². The van der Waals surface area contributed by atoms with E-state index in [-0.39, 0.29) is 42.2 Å². The number of hydrogen-bond acceptors (Lipinski definition) is 9. The third-order valence-electron chi connectivity index (χ3n) is 9.55. The molecule has 4 fully saturated rings.